The maximum absolute atomic E-state index is 12.3. The molecule has 0 aliphatic heterocycles. The van der Waals surface area contributed by atoms with E-state index in [0.717, 1.165) is 16.7 Å². The van der Waals surface area contributed by atoms with Crippen LogP contribution in [-0.4, -0.2) is 32.2 Å². The molecule has 1 aliphatic carbocycles. The van der Waals surface area contributed by atoms with Crippen molar-refractivity contribution in [1.29, 1.82) is 0 Å². The number of fused-ring (bicyclic) bond motifs is 1. The molecule has 2 heterocycles. The van der Waals surface area contributed by atoms with Gasteiger partial charge in [-0.1, -0.05) is 67.2 Å². The van der Waals surface area contributed by atoms with Crippen molar-refractivity contribution in [1.82, 2.24) is 19.5 Å². The Hall–Kier alpha value is -3.75. The van der Waals surface area contributed by atoms with E-state index in [1.54, 1.807) is 6.33 Å². The van der Waals surface area contributed by atoms with Gasteiger partial charge in [0.25, 0.3) is 5.56 Å². The molecule has 0 spiro atoms. The topological polar surface area (TPSA) is 108 Å². The van der Waals surface area contributed by atoms with Gasteiger partial charge in [0.2, 0.25) is 5.95 Å². The number of hydrogen-bond donors (Lipinski definition) is 2. The minimum atomic E-state index is -0.357. The number of nitrogens with one attached hydrogen (secondary N) is 1. The molecule has 1 aliphatic rings. The second-order valence-corrected chi connectivity index (χ2v) is 8.54. The molecule has 0 bridgehead atoms. The van der Waals surface area contributed by atoms with Crippen LogP contribution in [0.4, 0.5) is 5.95 Å². The standard InChI is InChI=1S/C26H27N5O3/c1-17-20(15-33-13-18-8-4-2-5-9-18)22(34-14-19-10-6-3-7-11-19)12-21(17)31-16-28-23-24(31)29-26(27)30-25(23)32/h2-11,16,20-22H,1,12-15H2,(H3,27,29,30,32)/t20-,21+,22-/m1/s1. The number of rotatable bonds is 8. The Morgan fingerprint density at radius 2 is 1.74 bits per heavy atom. The largest absolute Gasteiger partial charge is 0.376 e. The van der Waals surface area contributed by atoms with Crippen molar-refractivity contribution in [3.05, 3.63) is 101 Å². The third-order valence-electron chi connectivity index (χ3n) is 6.31. The first-order valence-corrected chi connectivity index (χ1v) is 11.3. The molecule has 174 valence electrons. The summed E-state index contributed by atoms with van der Waals surface area (Å²) in [5.41, 5.74) is 9.33. The van der Waals surface area contributed by atoms with Crippen LogP contribution in [0, 0.1) is 5.92 Å². The van der Waals surface area contributed by atoms with Gasteiger partial charge in [-0.15, -0.1) is 0 Å². The van der Waals surface area contributed by atoms with Crippen LogP contribution in [0.15, 0.2) is 83.9 Å². The first-order chi connectivity index (χ1) is 16.6. The maximum Gasteiger partial charge on any atom is 0.280 e. The van der Waals surface area contributed by atoms with Crippen LogP contribution in [-0.2, 0) is 22.7 Å². The number of nitrogens with two attached hydrogens (primary N) is 1. The van der Waals surface area contributed by atoms with Crippen LogP contribution < -0.4 is 11.3 Å². The Labute approximate surface area is 197 Å². The molecule has 1 saturated carbocycles. The molecule has 8 nitrogen and oxygen atoms in total. The van der Waals surface area contributed by atoms with Gasteiger partial charge in [0.15, 0.2) is 11.2 Å². The Morgan fingerprint density at radius 1 is 1.06 bits per heavy atom. The van der Waals surface area contributed by atoms with E-state index in [1.165, 1.54) is 0 Å². The SMILES string of the molecule is C=C1[C@@H](COCc2ccccc2)[C@H](OCc2ccccc2)C[C@@H]1n1cnc2c(=O)[nH]c(N)nc21. The summed E-state index contributed by atoms with van der Waals surface area (Å²) >= 11 is 0. The van der Waals surface area contributed by atoms with Crippen molar-refractivity contribution >= 4 is 17.1 Å². The maximum atomic E-state index is 12.3. The zero-order valence-corrected chi connectivity index (χ0v) is 18.8. The smallest absolute Gasteiger partial charge is 0.280 e. The highest BCUT2D eigenvalue weighted by Gasteiger charge is 2.40. The number of hydrogen-bond acceptors (Lipinski definition) is 6. The van der Waals surface area contributed by atoms with E-state index in [2.05, 4.69) is 21.5 Å². The zero-order valence-electron chi connectivity index (χ0n) is 18.8. The quantitative estimate of drug-likeness (QED) is 0.391. The summed E-state index contributed by atoms with van der Waals surface area (Å²) in [6.07, 6.45) is 2.19. The highest BCUT2D eigenvalue weighted by atomic mass is 16.5. The van der Waals surface area contributed by atoms with E-state index in [0.29, 0.717) is 31.9 Å². The number of ether oxygens (including phenoxy) is 2. The molecule has 4 aromatic rings. The van der Waals surface area contributed by atoms with Crippen molar-refractivity contribution in [3.63, 3.8) is 0 Å². The van der Waals surface area contributed by atoms with Gasteiger partial charge in [0.1, 0.15) is 0 Å². The number of imidazole rings is 1. The normalized spacial score (nSPS) is 20.2. The third-order valence-corrected chi connectivity index (χ3v) is 6.31. The fourth-order valence-electron chi connectivity index (χ4n) is 4.54. The first-order valence-electron chi connectivity index (χ1n) is 11.3. The highest BCUT2D eigenvalue weighted by Crippen LogP contribution is 2.42. The predicted molar refractivity (Wildman–Crippen MR) is 130 cm³/mol. The van der Waals surface area contributed by atoms with E-state index >= 15 is 0 Å². The van der Waals surface area contributed by atoms with Crippen molar-refractivity contribution < 1.29 is 9.47 Å². The van der Waals surface area contributed by atoms with Crippen LogP contribution >= 0.6 is 0 Å². The second kappa shape index (κ2) is 9.62. The highest BCUT2D eigenvalue weighted by molar-refractivity contribution is 5.71. The average molecular weight is 458 g/mol. The molecule has 8 heteroatoms. The molecule has 1 fully saturated rings. The average Bonchev–Trinajstić information content (AvgIpc) is 3.40. The molecule has 2 aromatic carbocycles. The lowest BCUT2D eigenvalue weighted by molar-refractivity contribution is -0.0122. The molecule has 0 saturated heterocycles. The molecule has 5 rings (SSSR count). The van der Waals surface area contributed by atoms with Gasteiger partial charge in [-0.2, -0.15) is 4.98 Å². The van der Waals surface area contributed by atoms with Crippen molar-refractivity contribution in [2.75, 3.05) is 12.3 Å². The fourth-order valence-corrected chi connectivity index (χ4v) is 4.54. The van der Waals surface area contributed by atoms with Gasteiger partial charge in [0.05, 0.1) is 38.3 Å². The molecule has 34 heavy (non-hydrogen) atoms. The van der Waals surface area contributed by atoms with Crippen molar-refractivity contribution in [2.45, 2.75) is 31.8 Å². The van der Waals surface area contributed by atoms with Crippen LogP contribution in [0.5, 0.6) is 0 Å². The van der Waals surface area contributed by atoms with Crippen molar-refractivity contribution in [2.24, 2.45) is 5.92 Å². The zero-order chi connectivity index (χ0) is 23.5. The lowest BCUT2D eigenvalue weighted by Crippen LogP contribution is -2.23. The summed E-state index contributed by atoms with van der Waals surface area (Å²) < 4.78 is 14.3. The van der Waals surface area contributed by atoms with E-state index < -0.39 is 0 Å². The Kier molecular flexibility index (Phi) is 6.24. The number of anilines is 1. The summed E-state index contributed by atoms with van der Waals surface area (Å²) in [5.74, 6) is 0.0386. The molecule has 3 N–H and O–H groups in total. The monoisotopic (exact) mass is 457 g/mol. The lowest BCUT2D eigenvalue weighted by atomic mass is 10.0. The van der Waals surface area contributed by atoms with Gasteiger partial charge < -0.3 is 19.8 Å². The molecule has 3 atom stereocenters. The van der Waals surface area contributed by atoms with Gasteiger partial charge in [-0.3, -0.25) is 9.78 Å². The van der Waals surface area contributed by atoms with E-state index in [4.69, 9.17) is 15.2 Å². The lowest BCUT2D eigenvalue weighted by Gasteiger charge is -2.21. The van der Waals surface area contributed by atoms with Crippen molar-refractivity contribution in [3.8, 4) is 0 Å². The number of H-pyrrole nitrogens is 1. The number of aromatic amines is 1. The Balaban J connectivity index is 1.38. The Morgan fingerprint density at radius 3 is 2.44 bits per heavy atom. The first kappa shape index (κ1) is 22.1. The van der Waals surface area contributed by atoms with E-state index in [1.807, 2.05) is 65.2 Å². The molecule has 2 aromatic heterocycles. The fraction of sp³-hybridized carbons (Fsp3) is 0.269. The summed E-state index contributed by atoms with van der Waals surface area (Å²) in [4.78, 5) is 23.4. The number of nitrogens with zero attached hydrogens (tertiary/aromatic N) is 3. The molecular formula is C26H27N5O3. The van der Waals surface area contributed by atoms with Crippen LogP contribution in [0.2, 0.25) is 0 Å². The summed E-state index contributed by atoms with van der Waals surface area (Å²) in [5, 5.41) is 0. The van der Waals surface area contributed by atoms with Gasteiger partial charge in [-0.25, -0.2) is 4.98 Å². The molecule has 0 amide bonds. The summed E-state index contributed by atoms with van der Waals surface area (Å²) in [7, 11) is 0. The minimum absolute atomic E-state index is 0.0192. The molecule has 0 radical (unpaired) electrons. The summed E-state index contributed by atoms with van der Waals surface area (Å²) in [6.45, 7) is 5.89. The van der Waals surface area contributed by atoms with Crippen LogP contribution in [0.25, 0.3) is 11.2 Å². The third kappa shape index (κ3) is 4.50. The predicted octanol–water partition coefficient (Wildman–Crippen LogP) is 3.62. The van der Waals surface area contributed by atoms with Gasteiger partial charge in [-0.05, 0) is 23.1 Å². The second-order valence-electron chi connectivity index (χ2n) is 8.54. The Bertz CT molecular complexity index is 1330. The van der Waals surface area contributed by atoms with Crippen LogP contribution in [0.3, 0.4) is 0 Å². The summed E-state index contributed by atoms with van der Waals surface area (Å²) in [6, 6.07) is 20.0. The number of nitrogen functional groups attached to an aromatic ring is 1. The van der Waals surface area contributed by atoms with Crippen LogP contribution in [0.1, 0.15) is 23.6 Å². The molecule has 0 unspecified atom stereocenters. The van der Waals surface area contributed by atoms with Gasteiger partial charge in [0, 0.05) is 5.92 Å². The van der Waals surface area contributed by atoms with E-state index in [9.17, 15) is 4.79 Å². The number of benzene rings is 2. The minimum Gasteiger partial charge on any atom is -0.376 e. The number of aromatic nitrogens is 4. The molecular weight excluding hydrogens is 430 g/mol. The van der Waals surface area contributed by atoms with E-state index in [-0.39, 0.29) is 35.1 Å². The van der Waals surface area contributed by atoms with Gasteiger partial charge >= 0.3 is 0 Å².